The van der Waals surface area contributed by atoms with Crippen LogP contribution >= 0.6 is 23.2 Å². The predicted octanol–water partition coefficient (Wildman–Crippen LogP) is 3.76. The number of hydrogen-bond acceptors (Lipinski definition) is 4. The number of tetrazole rings is 1. The summed E-state index contributed by atoms with van der Waals surface area (Å²) >= 11 is 12.0. The molecule has 6 nitrogen and oxygen atoms in total. The van der Waals surface area contributed by atoms with Crippen LogP contribution in [0.25, 0.3) is 11.8 Å². The molecule has 0 unspecified atom stereocenters. The van der Waals surface area contributed by atoms with E-state index in [1.807, 2.05) is 0 Å². The Balaban J connectivity index is 1.78. The van der Waals surface area contributed by atoms with Crippen molar-refractivity contribution in [3.63, 3.8) is 0 Å². The number of aromatic nitrogens is 4. The van der Waals surface area contributed by atoms with E-state index >= 15 is 0 Å². The molecule has 1 heterocycles. The Morgan fingerprint density at radius 3 is 2.84 bits per heavy atom. The maximum absolute atomic E-state index is 13.9. The van der Waals surface area contributed by atoms with Gasteiger partial charge in [0.15, 0.2) is 0 Å². The van der Waals surface area contributed by atoms with Gasteiger partial charge < -0.3 is 5.32 Å². The minimum Gasteiger partial charge on any atom is -0.320 e. The van der Waals surface area contributed by atoms with Gasteiger partial charge in [-0.15, -0.1) is 5.10 Å². The first-order valence-electron chi connectivity index (χ1n) is 7.00. The van der Waals surface area contributed by atoms with Crippen LogP contribution in [-0.2, 0) is 4.79 Å². The van der Waals surface area contributed by atoms with E-state index in [2.05, 4.69) is 20.8 Å². The molecular formula is C16H10Cl2FN5O. The monoisotopic (exact) mass is 377 g/mol. The maximum atomic E-state index is 13.9. The molecule has 3 aromatic rings. The van der Waals surface area contributed by atoms with Crippen LogP contribution in [0.5, 0.6) is 0 Å². The Kier molecular flexibility index (Phi) is 5.06. The number of benzene rings is 2. The molecule has 2 aromatic carbocycles. The first kappa shape index (κ1) is 17.1. The van der Waals surface area contributed by atoms with E-state index in [4.69, 9.17) is 23.2 Å². The smallest absolute Gasteiger partial charge is 0.248 e. The summed E-state index contributed by atoms with van der Waals surface area (Å²) in [6.07, 6.45) is 4.09. The van der Waals surface area contributed by atoms with Crippen LogP contribution < -0.4 is 5.32 Å². The van der Waals surface area contributed by atoms with E-state index in [0.717, 1.165) is 0 Å². The molecule has 0 aliphatic heterocycles. The summed E-state index contributed by atoms with van der Waals surface area (Å²) in [6, 6.07) is 9.18. The molecule has 0 aliphatic rings. The van der Waals surface area contributed by atoms with Crippen LogP contribution in [-0.4, -0.2) is 26.1 Å². The molecule has 0 aliphatic carbocycles. The van der Waals surface area contributed by atoms with Gasteiger partial charge in [0.2, 0.25) is 5.91 Å². The van der Waals surface area contributed by atoms with Crippen LogP contribution in [0.15, 0.2) is 48.8 Å². The van der Waals surface area contributed by atoms with E-state index in [9.17, 15) is 9.18 Å². The zero-order valence-corrected chi connectivity index (χ0v) is 14.0. The van der Waals surface area contributed by atoms with E-state index in [1.54, 1.807) is 18.2 Å². The summed E-state index contributed by atoms with van der Waals surface area (Å²) in [5.74, 6) is -1.11. The lowest BCUT2D eigenvalue weighted by Gasteiger charge is -2.07. The van der Waals surface area contributed by atoms with E-state index in [0.29, 0.717) is 21.3 Å². The summed E-state index contributed by atoms with van der Waals surface area (Å²) in [4.78, 5) is 12.0. The Morgan fingerprint density at radius 2 is 2.08 bits per heavy atom. The molecule has 126 valence electrons. The van der Waals surface area contributed by atoms with Gasteiger partial charge in [-0.25, -0.2) is 9.07 Å². The third-order valence-electron chi connectivity index (χ3n) is 3.22. The number of halogens is 3. The molecule has 1 N–H and O–H groups in total. The van der Waals surface area contributed by atoms with Gasteiger partial charge in [-0.2, -0.15) is 0 Å². The van der Waals surface area contributed by atoms with Crippen molar-refractivity contribution in [1.29, 1.82) is 0 Å². The van der Waals surface area contributed by atoms with E-state index in [-0.39, 0.29) is 5.69 Å². The topological polar surface area (TPSA) is 72.7 Å². The average Bonchev–Trinajstić information content (AvgIpc) is 3.13. The number of nitrogens with one attached hydrogen (secondary N) is 1. The van der Waals surface area contributed by atoms with Crippen molar-refractivity contribution in [2.75, 3.05) is 5.32 Å². The summed E-state index contributed by atoms with van der Waals surface area (Å²) in [5, 5.41) is 13.9. The fraction of sp³-hybridized carbons (Fsp3) is 0. The van der Waals surface area contributed by atoms with Gasteiger partial charge in [-0.1, -0.05) is 35.3 Å². The molecule has 1 aromatic heterocycles. The van der Waals surface area contributed by atoms with Crippen molar-refractivity contribution >= 4 is 40.9 Å². The lowest BCUT2D eigenvalue weighted by Crippen LogP contribution is -2.10. The second-order valence-electron chi connectivity index (χ2n) is 4.88. The number of nitrogens with zero attached hydrogens (tertiary/aromatic N) is 4. The molecule has 1 amide bonds. The Hall–Kier alpha value is -2.77. The standard InChI is InChI=1S/C16H10Cl2FN5O/c17-12-3-1-2-10(16(12)18)4-7-15(25)21-14-8-11(5-6-13(14)19)24-9-20-22-23-24/h1-9H,(H,21,25). The average molecular weight is 378 g/mol. The first-order valence-corrected chi connectivity index (χ1v) is 7.76. The van der Waals surface area contributed by atoms with E-state index < -0.39 is 11.7 Å². The maximum Gasteiger partial charge on any atom is 0.248 e. The Morgan fingerprint density at radius 1 is 1.24 bits per heavy atom. The van der Waals surface area contributed by atoms with Gasteiger partial charge in [0.05, 0.1) is 21.4 Å². The predicted molar refractivity (Wildman–Crippen MR) is 93.2 cm³/mol. The summed E-state index contributed by atoms with van der Waals surface area (Å²) in [6.45, 7) is 0. The molecule has 0 fully saturated rings. The highest BCUT2D eigenvalue weighted by Crippen LogP contribution is 2.26. The van der Waals surface area contributed by atoms with Gasteiger partial charge in [0.25, 0.3) is 0 Å². The fourth-order valence-corrected chi connectivity index (χ4v) is 2.39. The van der Waals surface area contributed by atoms with Crippen molar-refractivity contribution in [3.8, 4) is 5.69 Å². The number of hydrogen-bond donors (Lipinski definition) is 1. The zero-order chi connectivity index (χ0) is 17.8. The van der Waals surface area contributed by atoms with Gasteiger partial charge in [-0.3, -0.25) is 4.79 Å². The van der Waals surface area contributed by atoms with E-state index in [1.165, 1.54) is 41.4 Å². The Bertz CT molecular complexity index is 944. The van der Waals surface area contributed by atoms with Crippen LogP contribution in [0.1, 0.15) is 5.56 Å². The third kappa shape index (κ3) is 4.01. The minimum atomic E-state index is -0.584. The van der Waals surface area contributed by atoms with Crippen molar-refractivity contribution < 1.29 is 9.18 Å². The van der Waals surface area contributed by atoms with Gasteiger partial charge in [-0.05, 0) is 46.3 Å². The highest BCUT2D eigenvalue weighted by atomic mass is 35.5. The highest BCUT2D eigenvalue weighted by molar-refractivity contribution is 6.42. The number of rotatable bonds is 4. The lowest BCUT2D eigenvalue weighted by atomic mass is 10.2. The lowest BCUT2D eigenvalue weighted by molar-refractivity contribution is -0.111. The highest BCUT2D eigenvalue weighted by Gasteiger charge is 2.08. The largest absolute Gasteiger partial charge is 0.320 e. The van der Waals surface area contributed by atoms with Crippen molar-refractivity contribution in [2.24, 2.45) is 0 Å². The Labute approximate surface area is 151 Å². The summed E-state index contributed by atoms with van der Waals surface area (Å²) < 4.78 is 15.3. The molecule has 25 heavy (non-hydrogen) atoms. The number of anilines is 1. The molecule has 0 spiro atoms. The molecule has 0 saturated carbocycles. The quantitative estimate of drug-likeness (QED) is 0.702. The molecule has 0 radical (unpaired) electrons. The normalized spacial score (nSPS) is 11.0. The second kappa shape index (κ2) is 7.42. The van der Waals surface area contributed by atoms with Gasteiger partial charge >= 0.3 is 0 Å². The van der Waals surface area contributed by atoms with Crippen molar-refractivity contribution in [1.82, 2.24) is 20.2 Å². The first-order chi connectivity index (χ1) is 12.0. The SMILES string of the molecule is O=C(C=Cc1cccc(Cl)c1Cl)Nc1cc(-n2cnnn2)ccc1F. The van der Waals surface area contributed by atoms with Gasteiger partial charge in [0.1, 0.15) is 12.1 Å². The van der Waals surface area contributed by atoms with Crippen LogP contribution in [0.2, 0.25) is 10.0 Å². The minimum absolute atomic E-state index is 0.000147. The molecule has 0 atom stereocenters. The molecule has 9 heteroatoms. The summed E-state index contributed by atoms with van der Waals surface area (Å²) in [5.41, 5.74) is 1.08. The second-order valence-corrected chi connectivity index (χ2v) is 5.67. The fourth-order valence-electron chi connectivity index (χ4n) is 2.02. The van der Waals surface area contributed by atoms with Crippen LogP contribution in [0, 0.1) is 5.82 Å². The number of amides is 1. The third-order valence-corrected chi connectivity index (χ3v) is 4.05. The van der Waals surface area contributed by atoms with Crippen molar-refractivity contribution in [2.45, 2.75) is 0 Å². The van der Waals surface area contributed by atoms with Gasteiger partial charge in [0, 0.05) is 6.08 Å². The number of carbonyl (C=O) groups excluding carboxylic acids is 1. The number of carbonyl (C=O) groups is 1. The molecular weight excluding hydrogens is 368 g/mol. The van der Waals surface area contributed by atoms with Crippen LogP contribution in [0.4, 0.5) is 10.1 Å². The molecule has 0 bridgehead atoms. The summed E-state index contributed by atoms with van der Waals surface area (Å²) in [7, 11) is 0. The molecule has 0 saturated heterocycles. The molecule has 3 rings (SSSR count). The zero-order valence-electron chi connectivity index (χ0n) is 12.5. The van der Waals surface area contributed by atoms with Crippen LogP contribution in [0.3, 0.4) is 0 Å². The van der Waals surface area contributed by atoms with Crippen molar-refractivity contribution in [3.05, 3.63) is 70.2 Å².